The van der Waals surface area contributed by atoms with Gasteiger partial charge in [0.25, 0.3) is 0 Å². The van der Waals surface area contributed by atoms with Crippen LogP contribution in [0.15, 0.2) is 255 Å². The van der Waals surface area contributed by atoms with Gasteiger partial charge in [-0.25, -0.2) is 9.97 Å². The van der Waals surface area contributed by atoms with E-state index in [1.807, 2.05) is 36.4 Å². The van der Waals surface area contributed by atoms with E-state index in [1.165, 1.54) is 32.7 Å². The van der Waals surface area contributed by atoms with Crippen molar-refractivity contribution in [1.29, 1.82) is 0 Å². The molecule has 2 heterocycles. The van der Waals surface area contributed by atoms with Gasteiger partial charge >= 0.3 is 0 Å². The standard InChI is InChI=1S/C62H42N4/c1-4-14-43(15-5-1)45-24-32-52(33-25-45)65(55-38-28-44-16-10-11-21-50(44)40-55)53-34-26-46(27-35-53)51-31-39-57-56-22-12-13-23-60(56)66(61(57)41-51)54-36-29-49(30-37-54)62-63-58(47-17-6-2-7-18-47)42-59(64-62)48-19-8-3-9-20-48/h1-42H. The lowest BCUT2D eigenvalue weighted by atomic mass is 10.0. The third kappa shape index (κ3) is 7.27. The van der Waals surface area contributed by atoms with E-state index in [4.69, 9.17) is 9.97 Å². The number of hydrogen-bond acceptors (Lipinski definition) is 3. The maximum Gasteiger partial charge on any atom is 0.160 e. The van der Waals surface area contributed by atoms with Crippen LogP contribution in [0.4, 0.5) is 17.1 Å². The van der Waals surface area contributed by atoms with E-state index in [0.717, 1.165) is 73.0 Å². The fourth-order valence-corrected chi connectivity index (χ4v) is 9.28. The van der Waals surface area contributed by atoms with Gasteiger partial charge in [0.15, 0.2) is 5.82 Å². The van der Waals surface area contributed by atoms with Crippen molar-refractivity contribution in [1.82, 2.24) is 14.5 Å². The van der Waals surface area contributed by atoms with Crippen molar-refractivity contribution in [2.45, 2.75) is 0 Å². The van der Waals surface area contributed by atoms with Crippen LogP contribution >= 0.6 is 0 Å². The number of nitrogens with zero attached hydrogens (tertiary/aromatic N) is 4. The Morgan fingerprint density at radius 1 is 0.288 bits per heavy atom. The largest absolute Gasteiger partial charge is 0.310 e. The normalized spacial score (nSPS) is 11.3. The molecular formula is C62H42N4. The van der Waals surface area contributed by atoms with E-state index in [0.29, 0.717) is 5.82 Å². The first-order valence-electron chi connectivity index (χ1n) is 22.4. The lowest BCUT2D eigenvalue weighted by Gasteiger charge is -2.26. The third-order valence-electron chi connectivity index (χ3n) is 12.6. The molecule has 0 spiro atoms. The average Bonchev–Trinajstić information content (AvgIpc) is 3.73. The molecule has 0 aliphatic rings. The Labute approximate surface area is 384 Å². The van der Waals surface area contributed by atoms with Crippen molar-refractivity contribution in [2.75, 3.05) is 4.90 Å². The minimum absolute atomic E-state index is 0.693. The highest BCUT2D eigenvalue weighted by Crippen LogP contribution is 2.40. The molecule has 0 N–H and O–H groups in total. The van der Waals surface area contributed by atoms with Gasteiger partial charge in [0, 0.05) is 50.2 Å². The van der Waals surface area contributed by atoms with Gasteiger partial charge in [0.2, 0.25) is 0 Å². The topological polar surface area (TPSA) is 34.0 Å². The highest BCUT2D eigenvalue weighted by atomic mass is 15.1. The molecule has 0 saturated heterocycles. The molecule has 2 aromatic heterocycles. The van der Waals surface area contributed by atoms with Crippen molar-refractivity contribution in [3.63, 3.8) is 0 Å². The molecule has 66 heavy (non-hydrogen) atoms. The van der Waals surface area contributed by atoms with E-state index in [9.17, 15) is 0 Å². The Kier molecular flexibility index (Phi) is 9.81. The average molecular weight is 843 g/mol. The molecule has 10 aromatic carbocycles. The van der Waals surface area contributed by atoms with Gasteiger partial charge in [0.1, 0.15) is 0 Å². The van der Waals surface area contributed by atoms with Crippen LogP contribution in [-0.2, 0) is 0 Å². The van der Waals surface area contributed by atoms with E-state index in [1.54, 1.807) is 0 Å². The zero-order valence-corrected chi connectivity index (χ0v) is 36.0. The molecule has 12 rings (SSSR count). The molecule has 0 atom stereocenters. The van der Waals surface area contributed by atoms with Crippen molar-refractivity contribution in [3.05, 3.63) is 255 Å². The molecule has 0 fully saturated rings. The van der Waals surface area contributed by atoms with Crippen molar-refractivity contribution in [3.8, 4) is 61.8 Å². The number of fused-ring (bicyclic) bond motifs is 4. The Morgan fingerprint density at radius 2 is 0.758 bits per heavy atom. The summed E-state index contributed by atoms with van der Waals surface area (Å²) < 4.78 is 2.38. The monoisotopic (exact) mass is 842 g/mol. The summed E-state index contributed by atoms with van der Waals surface area (Å²) in [5.74, 6) is 0.693. The Balaban J connectivity index is 0.913. The molecule has 0 aliphatic heterocycles. The molecule has 0 aliphatic carbocycles. The number of rotatable bonds is 9. The highest BCUT2D eigenvalue weighted by Gasteiger charge is 2.17. The van der Waals surface area contributed by atoms with Crippen molar-refractivity contribution >= 4 is 49.6 Å². The first-order chi connectivity index (χ1) is 32.7. The molecule has 0 amide bonds. The lowest BCUT2D eigenvalue weighted by Crippen LogP contribution is -2.09. The van der Waals surface area contributed by atoms with Gasteiger partial charge in [-0.3, -0.25) is 0 Å². The fourth-order valence-electron chi connectivity index (χ4n) is 9.28. The smallest absolute Gasteiger partial charge is 0.160 e. The number of aromatic nitrogens is 3. The van der Waals surface area contributed by atoms with Gasteiger partial charge < -0.3 is 9.47 Å². The minimum atomic E-state index is 0.693. The second kappa shape index (κ2) is 16.7. The molecule has 0 saturated carbocycles. The Hall–Kier alpha value is -8.86. The van der Waals surface area contributed by atoms with Crippen molar-refractivity contribution in [2.24, 2.45) is 0 Å². The third-order valence-corrected chi connectivity index (χ3v) is 12.6. The van der Waals surface area contributed by atoms with E-state index in [-0.39, 0.29) is 0 Å². The summed E-state index contributed by atoms with van der Waals surface area (Å²) in [7, 11) is 0. The van der Waals surface area contributed by atoms with Crippen LogP contribution in [0.3, 0.4) is 0 Å². The molecule has 12 aromatic rings. The van der Waals surface area contributed by atoms with E-state index < -0.39 is 0 Å². The number of para-hydroxylation sites is 1. The fraction of sp³-hybridized carbons (Fsp3) is 0. The van der Waals surface area contributed by atoms with Crippen LogP contribution < -0.4 is 4.90 Å². The van der Waals surface area contributed by atoms with Gasteiger partial charge in [-0.15, -0.1) is 0 Å². The Morgan fingerprint density at radius 3 is 1.39 bits per heavy atom. The van der Waals surface area contributed by atoms with Crippen molar-refractivity contribution < 1.29 is 0 Å². The van der Waals surface area contributed by atoms with Crippen LogP contribution in [0.5, 0.6) is 0 Å². The predicted molar refractivity (Wildman–Crippen MR) is 276 cm³/mol. The highest BCUT2D eigenvalue weighted by molar-refractivity contribution is 6.10. The van der Waals surface area contributed by atoms with Crippen LogP contribution in [0.25, 0.3) is 94.4 Å². The van der Waals surface area contributed by atoms with Crippen LogP contribution in [-0.4, -0.2) is 14.5 Å². The zero-order valence-electron chi connectivity index (χ0n) is 36.0. The molecule has 4 heteroatoms. The zero-order chi connectivity index (χ0) is 43.8. The summed E-state index contributed by atoms with van der Waals surface area (Å²) in [6.07, 6.45) is 0. The second-order valence-electron chi connectivity index (χ2n) is 16.7. The van der Waals surface area contributed by atoms with E-state index in [2.05, 4.69) is 228 Å². The molecule has 0 radical (unpaired) electrons. The minimum Gasteiger partial charge on any atom is -0.310 e. The SMILES string of the molecule is c1ccc(-c2ccc(N(c3ccc(-c4ccc5c6ccccc6n(-c6ccc(-c7nc(-c8ccccc8)cc(-c8ccccc8)n7)cc6)c5c4)cc3)c3ccc4ccccc4c3)cc2)cc1. The van der Waals surface area contributed by atoms with Crippen LogP contribution in [0, 0.1) is 0 Å². The first kappa shape index (κ1) is 38.8. The molecular weight excluding hydrogens is 801 g/mol. The summed E-state index contributed by atoms with van der Waals surface area (Å²) in [4.78, 5) is 12.5. The van der Waals surface area contributed by atoms with Gasteiger partial charge in [-0.1, -0.05) is 176 Å². The number of anilines is 3. The van der Waals surface area contributed by atoms with Gasteiger partial charge in [-0.05, 0) is 112 Å². The van der Waals surface area contributed by atoms with Crippen LogP contribution in [0.1, 0.15) is 0 Å². The summed E-state index contributed by atoms with van der Waals surface area (Å²) in [5, 5.41) is 4.86. The quantitative estimate of drug-likeness (QED) is 0.145. The molecule has 0 unspecified atom stereocenters. The maximum absolute atomic E-state index is 5.09. The number of hydrogen-bond donors (Lipinski definition) is 0. The molecule has 0 bridgehead atoms. The van der Waals surface area contributed by atoms with E-state index >= 15 is 0 Å². The summed E-state index contributed by atoms with van der Waals surface area (Å²) >= 11 is 0. The second-order valence-corrected chi connectivity index (χ2v) is 16.7. The maximum atomic E-state index is 5.09. The summed E-state index contributed by atoms with van der Waals surface area (Å²) in [6.45, 7) is 0. The van der Waals surface area contributed by atoms with Gasteiger partial charge in [-0.2, -0.15) is 0 Å². The number of benzene rings is 10. The summed E-state index contributed by atoms with van der Waals surface area (Å²) in [6, 6.07) is 90.6. The molecule has 4 nitrogen and oxygen atoms in total. The van der Waals surface area contributed by atoms with Gasteiger partial charge in [0.05, 0.1) is 22.4 Å². The predicted octanol–water partition coefficient (Wildman–Crippen LogP) is 16.5. The first-order valence-corrected chi connectivity index (χ1v) is 22.4. The Bertz CT molecular complexity index is 3600. The van der Waals surface area contributed by atoms with Crippen LogP contribution in [0.2, 0.25) is 0 Å². The molecule has 310 valence electrons. The summed E-state index contributed by atoms with van der Waals surface area (Å²) in [5.41, 5.74) is 16.2. The lowest BCUT2D eigenvalue weighted by molar-refractivity contribution is 1.16.